The SMILES string of the molecule is CC(C)=CCn1c2ccccc2c2c(OCC(O)CNC(=O)[C@@H](N)CCCN=C(N)N)cccc21. The maximum absolute atomic E-state index is 12.2. The number of benzene rings is 2. The summed E-state index contributed by atoms with van der Waals surface area (Å²) in [5.74, 6) is 0.369. The number of nitrogens with two attached hydrogens (primary N) is 3. The summed E-state index contributed by atoms with van der Waals surface area (Å²) >= 11 is 0. The van der Waals surface area contributed by atoms with Crippen LogP contribution in [0.1, 0.15) is 26.7 Å². The van der Waals surface area contributed by atoms with Crippen LogP contribution in [-0.4, -0.2) is 53.4 Å². The number of carbonyl (C=O) groups is 1. The van der Waals surface area contributed by atoms with Gasteiger partial charge in [0.25, 0.3) is 0 Å². The fourth-order valence-corrected chi connectivity index (χ4v) is 3.90. The van der Waals surface area contributed by atoms with Crippen molar-refractivity contribution in [3.8, 4) is 5.75 Å². The Morgan fingerprint density at radius 2 is 1.91 bits per heavy atom. The molecule has 0 aliphatic heterocycles. The quantitative estimate of drug-likeness (QED) is 0.116. The highest BCUT2D eigenvalue weighted by Crippen LogP contribution is 2.35. The number of rotatable bonds is 12. The predicted octanol–water partition coefficient (Wildman–Crippen LogP) is 2.00. The normalized spacial score (nSPS) is 12.8. The number of hydrogen-bond acceptors (Lipinski definition) is 5. The standard InChI is InChI=1S/C26H36N6O3/c1-17(2)12-14-32-21-9-4-3-7-19(21)24-22(32)10-5-11-23(24)35-16-18(33)15-31-25(34)20(27)8-6-13-30-26(28)29/h3-5,7,9-12,18,20,33H,6,8,13-16,27H2,1-2H3,(H,31,34)(H4,28,29,30)/t18?,20-/m0/s1. The number of fused-ring (bicyclic) bond motifs is 3. The molecular formula is C26H36N6O3. The molecule has 0 bridgehead atoms. The number of nitrogens with one attached hydrogen (secondary N) is 1. The van der Waals surface area contributed by atoms with Gasteiger partial charge in [-0.25, -0.2) is 0 Å². The lowest BCUT2D eigenvalue weighted by molar-refractivity contribution is -0.123. The van der Waals surface area contributed by atoms with Crippen LogP contribution in [0, 0.1) is 0 Å². The molecule has 0 fully saturated rings. The van der Waals surface area contributed by atoms with Crippen LogP contribution in [0.4, 0.5) is 0 Å². The van der Waals surface area contributed by atoms with E-state index in [-0.39, 0.29) is 25.0 Å². The molecule has 1 unspecified atom stereocenters. The first kappa shape index (κ1) is 26.1. The van der Waals surface area contributed by atoms with Crippen LogP contribution >= 0.6 is 0 Å². The molecule has 0 aliphatic carbocycles. The number of allylic oxidation sites excluding steroid dienone is 2. The molecule has 1 amide bonds. The van der Waals surface area contributed by atoms with Crippen molar-refractivity contribution in [2.45, 2.75) is 45.4 Å². The molecule has 188 valence electrons. The smallest absolute Gasteiger partial charge is 0.237 e. The largest absolute Gasteiger partial charge is 0.490 e. The van der Waals surface area contributed by atoms with E-state index in [0.29, 0.717) is 25.1 Å². The third-order valence-electron chi connectivity index (χ3n) is 5.69. The van der Waals surface area contributed by atoms with Gasteiger partial charge in [-0.05, 0) is 44.9 Å². The van der Waals surface area contributed by atoms with Crippen LogP contribution in [-0.2, 0) is 11.3 Å². The fourth-order valence-electron chi connectivity index (χ4n) is 3.90. The zero-order valence-corrected chi connectivity index (χ0v) is 20.4. The first-order valence-corrected chi connectivity index (χ1v) is 11.8. The molecule has 35 heavy (non-hydrogen) atoms. The zero-order valence-electron chi connectivity index (χ0n) is 20.4. The topological polar surface area (TPSA) is 154 Å². The van der Waals surface area contributed by atoms with Crippen molar-refractivity contribution in [2.75, 3.05) is 19.7 Å². The molecule has 2 atom stereocenters. The number of hydrogen-bond donors (Lipinski definition) is 5. The number of carbonyl (C=O) groups excluding carboxylic acids is 1. The van der Waals surface area contributed by atoms with Gasteiger partial charge in [0, 0.05) is 35.9 Å². The third-order valence-corrected chi connectivity index (χ3v) is 5.69. The Kier molecular flexibility index (Phi) is 9.11. The van der Waals surface area contributed by atoms with E-state index in [1.165, 1.54) is 5.57 Å². The number of ether oxygens (including phenoxy) is 1. The van der Waals surface area contributed by atoms with E-state index in [0.717, 1.165) is 28.4 Å². The minimum absolute atomic E-state index is 0.0132. The Hall–Kier alpha value is -3.56. The summed E-state index contributed by atoms with van der Waals surface area (Å²) in [6, 6.07) is 13.4. The van der Waals surface area contributed by atoms with Crippen LogP contribution in [0.3, 0.4) is 0 Å². The van der Waals surface area contributed by atoms with Crippen molar-refractivity contribution in [1.82, 2.24) is 9.88 Å². The number of aliphatic hydroxyl groups is 1. The average Bonchev–Trinajstić information content (AvgIpc) is 3.16. The molecule has 0 radical (unpaired) electrons. The van der Waals surface area contributed by atoms with Gasteiger partial charge in [-0.2, -0.15) is 0 Å². The van der Waals surface area contributed by atoms with Crippen LogP contribution in [0.2, 0.25) is 0 Å². The van der Waals surface area contributed by atoms with E-state index in [1.54, 1.807) is 0 Å². The summed E-state index contributed by atoms with van der Waals surface area (Å²) < 4.78 is 8.28. The monoisotopic (exact) mass is 480 g/mol. The van der Waals surface area contributed by atoms with E-state index >= 15 is 0 Å². The summed E-state index contributed by atoms with van der Waals surface area (Å²) in [5.41, 5.74) is 19.9. The van der Waals surface area contributed by atoms with Gasteiger partial charge in [0.15, 0.2) is 5.96 Å². The number of para-hydroxylation sites is 1. The number of aromatic nitrogens is 1. The van der Waals surface area contributed by atoms with Crippen LogP contribution in [0.25, 0.3) is 21.8 Å². The highest BCUT2D eigenvalue weighted by Gasteiger charge is 2.17. The summed E-state index contributed by atoms with van der Waals surface area (Å²) in [6.07, 6.45) is 2.33. The van der Waals surface area contributed by atoms with Gasteiger partial charge in [0.1, 0.15) is 18.5 Å². The minimum Gasteiger partial charge on any atom is -0.490 e. The molecular weight excluding hydrogens is 444 g/mol. The van der Waals surface area contributed by atoms with Crippen molar-refractivity contribution in [1.29, 1.82) is 0 Å². The first-order valence-electron chi connectivity index (χ1n) is 11.8. The Bertz CT molecular complexity index is 1210. The Balaban J connectivity index is 1.63. The second-order valence-corrected chi connectivity index (χ2v) is 8.82. The molecule has 3 aromatic rings. The van der Waals surface area contributed by atoms with Crippen LogP contribution in [0.5, 0.6) is 5.75 Å². The average molecular weight is 481 g/mol. The van der Waals surface area contributed by atoms with Crippen LogP contribution < -0.4 is 27.3 Å². The van der Waals surface area contributed by atoms with E-state index in [2.05, 4.69) is 53.0 Å². The van der Waals surface area contributed by atoms with E-state index in [1.807, 2.05) is 24.3 Å². The van der Waals surface area contributed by atoms with Crippen molar-refractivity contribution in [3.63, 3.8) is 0 Å². The molecule has 0 saturated heterocycles. The van der Waals surface area contributed by atoms with Gasteiger partial charge in [0.2, 0.25) is 5.91 Å². The molecule has 1 aromatic heterocycles. The minimum atomic E-state index is -0.887. The van der Waals surface area contributed by atoms with E-state index in [4.69, 9.17) is 21.9 Å². The zero-order chi connectivity index (χ0) is 25.4. The number of aliphatic imine (C=N–C) groups is 1. The predicted molar refractivity (Wildman–Crippen MR) is 141 cm³/mol. The highest BCUT2D eigenvalue weighted by molar-refractivity contribution is 6.11. The third kappa shape index (κ3) is 6.97. The highest BCUT2D eigenvalue weighted by atomic mass is 16.5. The molecule has 0 spiro atoms. The molecule has 0 saturated carbocycles. The molecule has 2 aromatic carbocycles. The number of guanidine groups is 1. The summed E-state index contributed by atoms with van der Waals surface area (Å²) in [4.78, 5) is 16.1. The number of nitrogens with zero attached hydrogens (tertiary/aromatic N) is 2. The lowest BCUT2D eigenvalue weighted by Crippen LogP contribution is -2.44. The fraction of sp³-hybridized carbons (Fsp3) is 0.385. The Morgan fingerprint density at radius 3 is 2.66 bits per heavy atom. The van der Waals surface area contributed by atoms with Crippen LogP contribution in [0.15, 0.2) is 59.1 Å². The number of aliphatic hydroxyl groups excluding tert-OH is 1. The molecule has 3 rings (SSSR count). The summed E-state index contributed by atoms with van der Waals surface area (Å²) in [6.45, 7) is 5.42. The van der Waals surface area contributed by atoms with Crippen molar-refractivity contribution in [2.24, 2.45) is 22.2 Å². The Morgan fingerprint density at radius 1 is 1.17 bits per heavy atom. The van der Waals surface area contributed by atoms with Gasteiger partial charge in [0.05, 0.1) is 11.6 Å². The van der Waals surface area contributed by atoms with Gasteiger partial charge < -0.3 is 36.9 Å². The first-order chi connectivity index (χ1) is 16.8. The van der Waals surface area contributed by atoms with Gasteiger partial charge in [-0.1, -0.05) is 35.9 Å². The molecule has 9 heteroatoms. The Labute approximate surface area is 205 Å². The van der Waals surface area contributed by atoms with Crippen molar-refractivity contribution < 1.29 is 14.6 Å². The van der Waals surface area contributed by atoms with E-state index < -0.39 is 12.1 Å². The number of amides is 1. The van der Waals surface area contributed by atoms with Crippen molar-refractivity contribution in [3.05, 3.63) is 54.1 Å². The molecule has 8 N–H and O–H groups in total. The maximum Gasteiger partial charge on any atom is 0.237 e. The molecule has 9 nitrogen and oxygen atoms in total. The second-order valence-electron chi connectivity index (χ2n) is 8.82. The maximum atomic E-state index is 12.2. The molecule has 1 heterocycles. The summed E-state index contributed by atoms with van der Waals surface area (Å²) in [7, 11) is 0. The second kappa shape index (κ2) is 12.2. The lowest BCUT2D eigenvalue weighted by Gasteiger charge is -2.16. The van der Waals surface area contributed by atoms with E-state index in [9.17, 15) is 9.90 Å². The van der Waals surface area contributed by atoms with Gasteiger partial charge in [-0.3, -0.25) is 9.79 Å². The van der Waals surface area contributed by atoms with Gasteiger partial charge in [-0.15, -0.1) is 0 Å². The molecule has 0 aliphatic rings. The van der Waals surface area contributed by atoms with Crippen molar-refractivity contribution >= 4 is 33.7 Å². The lowest BCUT2D eigenvalue weighted by atomic mass is 10.1. The summed E-state index contributed by atoms with van der Waals surface area (Å²) in [5, 5.41) is 15.2. The van der Waals surface area contributed by atoms with Gasteiger partial charge >= 0.3 is 0 Å².